The Kier molecular flexibility index (Phi) is 6.58. The number of benzene rings is 2. The number of carbonyl (C=O) groups is 2. The molecule has 0 aliphatic rings. The average molecular weight is 421 g/mol. The number of para-hydroxylation sites is 1. The van der Waals surface area contributed by atoms with E-state index in [0.29, 0.717) is 21.8 Å². The number of non-ortho nitro benzene ring substituents is 1. The Morgan fingerprint density at radius 3 is 2.37 bits per heavy atom. The van der Waals surface area contributed by atoms with Gasteiger partial charge >= 0.3 is 0 Å². The van der Waals surface area contributed by atoms with Crippen molar-refractivity contribution in [1.82, 2.24) is 4.98 Å². The Morgan fingerprint density at radius 1 is 1.07 bits per heavy atom. The molecule has 1 heterocycles. The minimum Gasteiger partial charge on any atom is -0.322 e. The molecule has 1 amide bonds. The van der Waals surface area contributed by atoms with Gasteiger partial charge in [-0.2, -0.15) is 0 Å². The number of nitrogens with zero attached hydrogens (tertiary/aromatic N) is 2. The summed E-state index contributed by atoms with van der Waals surface area (Å²) in [6.45, 7) is 3.66. The minimum atomic E-state index is -0.514. The van der Waals surface area contributed by atoms with Crippen molar-refractivity contribution in [2.24, 2.45) is 0 Å². The Morgan fingerprint density at radius 2 is 1.73 bits per heavy atom. The van der Waals surface area contributed by atoms with E-state index in [2.05, 4.69) is 10.3 Å². The van der Waals surface area contributed by atoms with Crippen molar-refractivity contribution in [1.29, 1.82) is 0 Å². The zero-order valence-electron chi connectivity index (χ0n) is 16.4. The molecule has 0 spiro atoms. The summed E-state index contributed by atoms with van der Waals surface area (Å²) in [4.78, 5) is 40.1. The average Bonchev–Trinajstić information content (AvgIpc) is 2.72. The van der Waals surface area contributed by atoms with Crippen molar-refractivity contribution < 1.29 is 14.5 Å². The number of amides is 1. The number of hydrogen-bond acceptors (Lipinski definition) is 6. The molecule has 7 nitrogen and oxygen atoms in total. The topological polar surface area (TPSA) is 102 Å². The second kappa shape index (κ2) is 9.32. The molecule has 0 saturated heterocycles. The Bertz CT molecular complexity index is 1100. The van der Waals surface area contributed by atoms with Gasteiger partial charge in [0.05, 0.1) is 16.2 Å². The molecule has 1 N–H and O–H groups in total. The number of anilines is 1. The highest BCUT2D eigenvalue weighted by molar-refractivity contribution is 8.00. The van der Waals surface area contributed by atoms with Gasteiger partial charge in [0, 0.05) is 29.1 Å². The van der Waals surface area contributed by atoms with Gasteiger partial charge in [-0.25, -0.2) is 4.98 Å². The monoisotopic (exact) mass is 421 g/mol. The third kappa shape index (κ3) is 5.09. The van der Waals surface area contributed by atoms with Gasteiger partial charge < -0.3 is 5.32 Å². The number of aromatic nitrogens is 1. The van der Waals surface area contributed by atoms with E-state index in [0.717, 1.165) is 11.3 Å². The molecule has 0 unspecified atom stereocenters. The van der Waals surface area contributed by atoms with Gasteiger partial charge in [-0.15, -0.1) is 0 Å². The largest absolute Gasteiger partial charge is 0.322 e. The van der Waals surface area contributed by atoms with Gasteiger partial charge in [-0.1, -0.05) is 30.0 Å². The van der Waals surface area contributed by atoms with Crippen molar-refractivity contribution in [2.75, 3.05) is 11.1 Å². The third-order valence-corrected chi connectivity index (χ3v) is 5.29. The lowest BCUT2D eigenvalue weighted by molar-refractivity contribution is -0.384. The number of nitrogens with one attached hydrogen (secondary N) is 1. The SMILES string of the molecule is Cc1cc(C)c(C(=O)Nc2ccccc2)c(SCC(=O)c2ccc([N+](=O)[O-])cc2)n1. The molecule has 0 fully saturated rings. The molecular formula is C22H19N3O4S. The van der Waals surface area contributed by atoms with Crippen LogP contribution < -0.4 is 5.32 Å². The second-order valence-electron chi connectivity index (χ2n) is 6.60. The number of rotatable bonds is 7. The van der Waals surface area contributed by atoms with Crippen LogP contribution >= 0.6 is 11.8 Å². The molecule has 2 aromatic carbocycles. The Labute approximate surface area is 177 Å². The van der Waals surface area contributed by atoms with E-state index < -0.39 is 4.92 Å². The predicted molar refractivity (Wildman–Crippen MR) is 116 cm³/mol. The number of ketones is 1. The molecule has 8 heteroatoms. The molecule has 3 aromatic rings. The second-order valence-corrected chi connectivity index (χ2v) is 7.56. The van der Waals surface area contributed by atoms with Crippen LogP contribution in [0.5, 0.6) is 0 Å². The van der Waals surface area contributed by atoms with Crippen LogP contribution in [-0.4, -0.2) is 27.4 Å². The summed E-state index contributed by atoms with van der Waals surface area (Å²) in [5.41, 5.74) is 2.89. The number of thioether (sulfide) groups is 1. The van der Waals surface area contributed by atoms with Gasteiger partial charge in [0.2, 0.25) is 0 Å². The van der Waals surface area contributed by atoms with Crippen LogP contribution in [0.4, 0.5) is 11.4 Å². The number of pyridine rings is 1. The van der Waals surface area contributed by atoms with Crippen LogP contribution in [0.3, 0.4) is 0 Å². The summed E-state index contributed by atoms with van der Waals surface area (Å²) in [6, 6.07) is 16.4. The fourth-order valence-corrected chi connectivity index (χ4v) is 3.93. The molecule has 0 aliphatic heterocycles. The van der Waals surface area contributed by atoms with Crippen LogP contribution in [-0.2, 0) is 0 Å². The number of nitro groups is 1. The fraction of sp³-hybridized carbons (Fsp3) is 0.136. The van der Waals surface area contributed by atoms with E-state index in [4.69, 9.17) is 0 Å². The van der Waals surface area contributed by atoms with Crippen LogP contribution in [0.1, 0.15) is 32.0 Å². The number of nitro benzene ring substituents is 1. The Hall–Kier alpha value is -3.52. The van der Waals surface area contributed by atoms with Crippen LogP contribution in [0.2, 0.25) is 0 Å². The van der Waals surface area contributed by atoms with E-state index in [1.165, 1.54) is 36.0 Å². The zero-order chi connectivity index (χ0) is 21.7. The van der Waals surface area contributed by atoms with Crippen LogP contribution in [0.25, 0.3) is 0 Å². The quantitative estimate of drug-likeness (QED) is 0.254. The van der Waals surface area contributed by atoms with Crippen LogP contribution in [0, 0.1) is 24.0 Å². The van der Waals surface area contributed by atoms with Gasteiger partial charge in [-0.05, 0) is 49.7 Å². The molecule has 0 bridgehead atoms. The first-order valence-electron chi connectivity index (χ1n) is 9.10. The van der Waals surface area contributed by atoms with Crippen molar-refractivity contribution in [3.8, 4) is 0 Å². The van der Waals surface area contributed by atoms with Gasteiger partial charge in [0.15, 0.2) is 5.78 Å². The lowest BCUT2D eigenvalue weighted by atomic mass is 10.1. The standard InChI is InChI=1S/C22H19N3O4S/c1-14-12-15(2)23-22(20(14)21(27)24-17-6-4-3-5-7-17)30-13-19(26)16-8-10-18(11-9-16)25(28)29/h3-12H,13H2,1-2H3,(H,24,27). The summed E-state index contributed by atoms with van der Waals surface area (Å²) in [5.74, 6) is -0.443. The lowest BCUT2D eigenvalue weighted by Gasteiger charge is -2.13. The maximum atomic E-state index is 12.9. The summed E-state index contributed by atoms with van der Waals surface area (Å²) >= 11 is 1.17. The molecule has 0 radical (unpaired) electrons. The van der Waals surface area contributed by atoms with Gasteiger partial charge in [0.1, 0.15) is 5.03 Å². The normalized spacial score (nSPS) is 10.5. The maximum absolute atomic E-state index is 12.9. The molecule has 3 rings (SSSR count). The summed E-state index contributed by atoms with van der Waals surface area (Å²) in [6.07, 6.45) is 0. The minimum absolute atomic E-state index is 0.0549. The van der Waals surface area contributed by atoms with E-state index >= 15 is 0 Å². The highest BCUT2D eigenvalue weighted by atomic mass is 32.2. The number of aryl methyl sites for hydroxylation is 2. The summed E-state index contributed by atoms with van der Waals surface area (Å²) in [7, 11) is 0. The highest BCUT2D eigenvalue weighted by Crippen LogP contribution is 2.26. The zero-order valence-corrected chi connectivity index (χ0v) is 17.2. The van der Waals surface area contributed by atoms with Crippen molar-refractivity contribution in [2.45, 2.75) is 18.9 Å². The van der Waals surface area contributed by atoms with Crippen molar-refractivity contribution in [3.63, 3.8) is 0 Å². The van der Waals surface area contributed by atoms with Gasteiger partial charge in [-0.3, -0.25) is 19.7 Å². The van der Waals surface area contributed by atoms with Crippen molar-refractivity contribution >= 4 is 34.8 Å². The summed E-state index contributed by atoms with van der Waals surface area (Å²) in [5, 5.41) is 14.1. The van der Waals surface area contributed by atoms with E-state index in [1.54, 1.807) is 12.1 Å². The van der Waals surface area contributed by atoms with Crippen LogP contribution in [0.15, 0.2) is 65.7 Å². The number of hydrogen-bond donors (Lipinski definition) is 1. The number of Topliss-reactive ketones (excluding diaryl/α,β-unsaturated/α-hetero) is 1. The molecule has 30 heavy (non-hydrogen) atoms. The van der Waals surface area contributed by atoms with Gasteiger partial charge in [0.25, 0.3) is 11.6 Å². The number of carbonyl (C=O) groups excluding carboxylic acids is 2. The maximum Gasteiger partial charge on any atom is 0.269 e. The molecule has 0 aliphatic carbocycles. The Balaban J connectivity index is 1.79. The van der Waals surface area contributed by atoms with E-state index in [9.17, 15) is 19.7 Å². The van der Waals surface area contributed by atoms with Crippen molar-refractivity contribution in [3.05, 3.63) is 93.2 Å². The molecule has 1 aromatic heterocycles. The van der Waals surface area contributed by atoms with E-state index in [1.807, 2.05) is 38.1 Å². The molecular weight excluding hydrogens is 402 g/mol. The first kappa shape index (κ1) is 21.2. The third-order valence-electron chi connectivity index (χ3n) is 4.31. The molecule has 152 valence electrons. The lowest BCUT2D eigenvalue weighted by Crippen LogP contribution is -2.16. The molecule has 0 saturated carbocycles. The molecule has 0 atom stereocenters. The first-order chi connectivity index (χ1) is 14.3. The predicted octanol–water partition coefficient (Wildman–Crippen LogP) is 4.83. The smallest absolute Gasteiger partial charge is 0.269 e. The fourth-order valence-electron chi connectivity index (χ4n) is 2.88. The first-order valence-corrected chi connectivity index (χ1v) is 10.1. The van der Waals surface area contributed by atoms with E-state index in [-0.39, 0.29) is 23.1 Å². The summed E-state index contributed by atoms with van der Waals surface area (Å²) < 4.78 is 0. The highest BCUT2D eigenvalue weighted by Gasteiger charge is 2.19.